The summed E-state index contributed by atoms with van der Waals surface area (Å²) in [6, 6.07) is 3.95. The molecule has 0 amide bonds. The third-order valence-corrected chi connectivity index (χ3v) is 3.63. The Bertz CT molecular complexity index is 522. The fourth-order valence-electron chi connectivity index (χ4n) is 1.70. The van der Waals surface area contributed by atoms with E-state index in [4.69, 9.17) is 4.74 Å². The Morgan fingerprint density at radius 3 is 2.80 bits per heavy atom. The first-order valence-electron chi connectivity index (χ1n) is 6.83. The second-order valence-electron chi connectivity index (χ2n) is 5.18. The van der Waals surface area contributed by atoms with Crippen molar-refractivity contribution in [1.82, 2.24) is 15.3 Å². The Morgan fingerprint density at radius 2 is 2.20 bits per heavy atom. The van der Waals surface area contributed by atoms with Crippen LogP contribution in [0.25, 0.3) is 0 Å². The van der Waals surface area contributed by atoms with E-state index in [2.05, 4.69) is 29.1 Å². The van der Waals surface area contributed by atoms with Crippen LogP contribution in [0.1, 0.15) is 30.2 Å². The van der Waals surface area contributed by atoms with Crippen molar-refractivity contribution in [1.29, 1.82) is 0 Å². The molecular formula is C15H21N3OS. The number of hydrogen-bond donors (Lipinski definition) is 1. The lowest BCUT2D eigenvalue weighted by atomic mass is 10.2. The zero-order chi connectivity index (χ0) is 14.4. The molecule has 0 saturated carbocycles. The highest BCUT2D eigenvalue weighted by Gasteiger charge is 2.01. The second-order valence-corrected chi connectivity index (χ2v) is 6.12. The third kappa shape index (κ3) is 4.90. The molecule has 20 heavy (non-hydrogen) atoms. The molecule has 0 unspecified atom stereocenters. The smallest absolute Gasteiger partial charge is 0.140 e. The minimum Gasteiger partial charge on any atom is -0.485 e. The van der Waals surface area contributed by atoms with Crippen LogP contribution in [0.2, 0.25) is 0 Å². The van der Waals surface area contributed by atoms with Gasteiger partial charge in [0.25, 0.3) is 0 Å². The molecule has 108 valence electrons. The van der Waals surface area contributed by atoms with Crippen LogP contribution in [0.5, 0.6) is 5.75 Å². The Balaban J connectivity index is 1.79. The summed E-state index contributed by atoms with van der Waals surface area (Å²) in [6.45, 7) is 8.68. The molecule has 0 bridgehead atoms. The van der Waals surface area contributed by atoms with Crippen molar-refractivity contribution in [3.8, 4) is 5.75 Å². The molecule has 2 rings (SSSR count). The van der Waals surface area contributed by atoms with E-state index in [9.17, 15) is 0 Å². The summed E-state index contributed by atoms with van der Waals surface area (Å²) < 4.78 is 5.67. The van der Waals surface area contributed by atoms with Crippen molar-refractivity contribution in [3.05, 3.63) is 40.1 Å². The van der Waals surface area contributed by atoms with Gasteiger partial charge in [-0.25, -0.2) is 4.98 Å². The maximum Gasteiger partial charge on any atom is 0.140 e. The Morgan fingerprint density at radius 1 is 1.35 bits per heavy atom. The zero-order valence-corrected chi connectivity index (χ0v) is 13.0. The van der Waals surface area contributed by atoms with Gasteiger partial charge in [0.2, 0.25) is 0 Å². The Labute approximate surface area is 124 Å². The lowest BCUT2D eigenvalue weighted by Gasteiger charge is -2.08. The molecule has 4 nitrogen and oxygen atoms in total. The highest BCUT2D eigenvalue weighted by atomic mass is 32.1. The number of nitrogens with zero attached hydrogens (tertiary/aromatic N) is 2. The van der Waals surface area contributed by atoms with Crippen LogP contribution in [0.3, 0.4) is 0 Å². The molecule has 0 fully saturated rings. The largest absolute Gasteiger partial charge is 0.485 e. The summed E-state index contributed by atoms with van der Waals surface area (Å²) in [7, 11) is 0. The quantitative estimate of drug-likeness (QED) is 0.851. The molecule has 0 saturated heterocycles. The Kier molecular flexibility index (Phi) is 5.49. The normalized spacial score (nSPS) is 11.0. The number of nitrogens with one attached hydrogen (secondary N) is 1. The van der Waals surface area contributed by atoms with E-state index >= 15 is 0 Å². The standard InChI is InChI=1S/C15H21N3OS/c1-11(2)6-16-7-13-4-5-14(8-17-13)19-9-15-18-12(3)10-20-15/h4-5,8,10-11,16H,6-7,9H2,1-3H3. The van der Waals surface area contributed by atoms with E-state index in [0.29, 0.717) is 12.5 Å². The van der Waals surface area contributed by atoms with Crippen LogP contribution in [0.4, 0.5) is 0 Å². The summed E-state index contributed by atoms with van der Waals surface area (Å²) in [6.07, 6.45) is 1.77. The van der Waals surface area contributed by atoms with Gasteiger partial charge in [-0.3, -0.25) is 4.98 Å². The molecule has 2 heterocycles. The minimum absolute atomic E-state index is 0.505. The van der Waals surface area contributed by atoms with Crippen LogP contribution in [-0.4, -0.2) is 16.5 Å². The van der Waals surface area contributed by atoms with E-state index in [0.717, 1.165) is 35.2 Å². The maximum absolute atomic E-state index is 5.67. The SMILES string of the molecule is Cc1csc(COc2ccc(CNCC(C)C)nc2)n1. The van der Waals surface area contributed by atoms with Gasteiger partial charge in [0.15, 0.2) is 0 Å². The van der Waals surface area contributed by atoms with Gasteiger partial charge in [0.1, 0.15) is 17.4 Å². The topological polar surface area (TPSA) is 47.0 Å². The fourth-order valence-corrected chi connectivity index (χ4v) is 2.39. The van der Waals surface area contributed by atoms with Crippen molar-refractivity contribution in [2.75, 3.05) is 6.54 Å². The molecule has 0 aliphatic heterocycles. The molecule has 0 radical (unpaired) electrons. The summed E-state index contributed by atoms with van der Waals surface area (Å²) in [5, 5.41) is 6.39. The summed E-state index contributed by atoms with van der Waals surface area (Å²) in [5.41, 5.74) is 2.07. The summed E-state index contributed by atoms with van der Waals surface area (Å²) in [5.74, 6) is 1.44. The minimum atomic E-state index is 0.505. The van der Waals surface area contributed by atoms with Crippen molar-refractivity contribution in [2.24, 2.45) is 5.92 Å². The van der Waals surface area contributed by atoms with Crippen LogP contribution in [-0.2, 0) is 13.2 Å². The third-order valence-electron chi connectivity index (χ3n) is 2.69. The van der Waals surface area contributed by atoms with Gasteiger partial charge < -0.3 is 10.1 Å². The van der Waals surface area contributed by atoms with Gasteiger partial charge in [-0.2, -0.15) is 0 Å². The van der Waals surface area contributed by atoms with E-state index in [-0.39, 0.29) is 0 Å². The molecule has 0 aliphatic rings. The van der Waals surface area contributed by atoms with E-state index in [1.807, 2.05) is 24.4 Å². The van der Waals surface area contributed by atoms with Crippen LogP contribution < -0.4 is 10.1 Å². The number of thiazole rings is 1. The first-order valence-corrected chi connectivity index (χ1v) is 7.71. The van der Waals surface area contributed by atoms with Crippen LogP contribution in [0.15, 0.2) is 23.7 Å². The molecule has 0 spiro atoms. The molecular weight excluding hydrogens is 270 g/mol. The zero-order valence-electron chi connectivity index (χ0n) is 12.2. The average Bonchev–Trinajstić information content (AvgIpc) is 2.83. The summed E-state index contributed by atoms with van der Waals surface area (Å²) in [4.78, 5) is 8.75. The molecule has 5 heteroatoms. The predicted molar refractivity (Wildman–Crippen MR) is 82.0 cm³/mol. The van der Waals surface area contributed by atoms with Gasteiger partial charge in [0.05, 0.1) is 11.9 Å². The maximum atomic E-state index is 5.67. The van der Waals surface area contributed by atoms with E-state index in [1.54, 1.807) is 17.5 Å². The van der Waals surface area contributed by atoms with Crippen LogP contribution >= 0.6 is 11.3 Å². The summed E-state index contributed by atoms with van der Waals surface area (Å²) >= 11 is 1.62. The number of aryl methyl sites for hydroxylation is 1. The number of pyridine rings is 1. The van der Waals surface area contributed by atoms with Crippen molar-refractivity contribution >= 4 is 11.3 Å². The monoisotopic (exact) mass is 291 g/mol. The fraction of sp³-hybridized carbons (Fsp3) is 0.467. The number of hydrogen-bond acceptors (Lipinski definition) is 5. The van der Waals surface area contributed by atoms with Crippen molar-refractivity contribution in [3.63, 3.8) is 0 Å². The highest BCUT2D eigenvalue weighted by Crippen LogP contribution is 2.14. The van der Waals surface area contributed by atoms with Gasteiger partial charge in [-0.15, -0.1) is 11.3 Å². The number of ether oxygens (including phenoxy) is 1. The van der Waals surface area contributed by atoms with Gasteiger partial charge in [-0.05, 0) is 31.5 Å². The van der Waals surface area contributed by atoms with E-state index in [1.165, 1.54) is 0 Å². The molecule has 1 N–H and O–H groups in total. The van der Waals surface area contributed by atoms with Crippen LogP contribution in [0, 0.1) is 12.8 Å². The lowest BCUT2D eigenvalue weighted by Crippen LogP contribution is -2.19. The predicted octanol–water partition coefficient (Wildman–Crippen LogP) is 3.17. The molecule has 2 aromatic heterocycles. The molecule has 0 aromatic carbocycles. The van der Waals surface area contributed by atoms with Gasteiger partial charge >= 0.3 is 0 Å². The molecule has 0 aliphatic carbocycles. The second kappa shape index (κ2) is 7.36. The van der Waals surface area contributed by atoms with Crippen molar-refractivity contribution in [2.45, 2.75) is 33.9 Å². The first-order chi connectivity index (χ1) is 9.63. The van der Waals surface area contributed by atoms with Crippen molar-refractivity contribution < 1.29 is 4.74 Å². The number of aromatic nitrogens is 2. The van der Waals surface area contributed by atoms with Gasteiger partial charge in [0, 0.05) is 17.6 Å². The van der Waals surface area contributed by atoms with E-state index < -0.39 is 0 Å². The van der Waals surface area contributed by atoms with Gasteiger partial charge in [-0.1, -0.05) is 13.8 Å². The average molecular weight is 291 g/mol. The first kappa shape index (κ1) is 14.9. The Hall–Kier alpha value is -1.46. The number of rotatable bonds is 7. The highest BCUT2D eigenvalue weighted by molar-refractivity contribution is 7.09. The molecule has 2 aromatic rings. The molecule has 0 atom stereocenters. The lowest BCUT2D eigenvalue weighted by molar-refractivity contribution is 0.304.